The Morgan fingerprint density at radius 3 is 2.39 bits per heavy atom. The highest BCUT2D eigenvalue weighted by atomic mass is 35.5. The molecule has 0 unspecified atom stereocenters. The number of hydrogen-bond donors (Lipinski definition) is 0. The van der Waals surface area contributed by atoms with Crippen molar-refractivity contribution in [2.45, 2.75) is 30.1 Å². The van der Waals surface area contributed by atoms with Gasteiger partial charge in [-0.15, -0.1) is 13.2 Å². The SMILES string of the molecule is O=S(=O)(c1ccc(OC(F)(F)F)c(Cl)c1)N1CCC(n2c(-c3ccccc3)nc3cccnc32)CC1. The predicted molar refractivity (Wildman–Crippen MR) is 128 cm³/mol. The summed E-state index contributed by atoms with van der Waals surface area (Å²) in [5, 5.41) is -0.438. The maximum absolute atomic E-state index is 13.2. The van der Waals surface area contributed by atoms with E-state index in [9.17, 15) is 21.6 Å². The largest absolute Gasteiger partial charge is 0.573 e. The molecule has 0 aliphatic carbocycles. The van der Waals surface area contributed by atoms with Crippen molar-refractivity contribution < 1.29 is 26.3 Å². The van der Waals surface area contributed by atoms with Crippen LogP contribution in [-0.4, -0.2) is 46.7 Å². The van der Waals surface area contributed by atoms with Crippen molar-refractivity contribution in [3.05, 3.63) is 71.9 Å². The third-order valence-corrected chi connectivity index (χ3v) is 8.23. The number of sulfonamides is 1. The number of ether oxygens (including phenoxy) is 1. The molecule has 0 saturated carbocycles. The molecule has 3 heterocycles. The Kier molecular flexibility index (Phi) is 6.39. The number of pyridine rings is 1. The fraction of sp³-hybridized carbons (Fsp3) is 0.250. The fourth-order valence-electron chi connectivity index (χ4n) is 4.41. The van der Waals surface area contributed by atoms with Crippen LogP contribution in [0, 0.1) is 0 Å². The number of halogens is 4. The molecule has 5 rings (SSSR count). The summed E-state index contributed by atoms with van der Waals surface area (Å²) in [7, 11) is -3.97. The van der Waals surface area contributed by atoms with Crippen molar-refractivity contribution in [1.29, 1.82) is 0 Å². The second-order valence-corrected chi connectivity index (χ2v) is 10.6. The van der Waals surface area contributed by atoms with Crippen molar-refractivity contribution in [1.82, 2.24) is 18.8 Å². The van der Waals surface area contributed by atoms with E-state index in [0.29, 0.717) is 12.8 Å². The molecule has 188 valence electrons. The lowest BCUT2D eigenvalue weighted by Crippen LogP contribution is -2.39. The first kappa shape index (κ1) is 24.5. The third-order valence-electron chi connectivity index (χ3n) is 6.04. The van der Waals surface area contributed by atoms with Gasteiger partial charge in [0.05, 0.1) is 9.92 Å². The van der Waals surface area contributed by atoms with Crippen LogP contribution < -0.4 is 4.74 Å². The van der Waals surface area contributed by atoms with Crippen LogP contribution in [0.3, 0.4) is 0 Å². The summed E-state index contributed by atoms with van der Waals surface area (Å²) in [6, 6.07) is 16.3. The Hall–Kier alpha value is -3.15. The summed E-state index contributed by atoms with van der Waals surface area (Å²) in [5.74, 6) is 0.104. The molecule has 1 saturated heterocycles. The van der Waals surface area contributed by atoms with E-state index in [0.717, 1.165) is 40.8 Å². The number of fused-ring (bicyclic) bond motifs is 1. The van der Waals surface area contributed by atoms with E-state index >= 15 is 0 Å². The molecule has 0 spiro atoms. The van der Waals surface area contributed by atoms with Gasteiger partial charge in [0.25, 0.3) is 0 Å². The first-order chi connectivity index (χ1) is 17.1. The summed E-state index contributed by atoms with van der Waals surface area (Å²) in [4.78, 5) is 9.11. The molecule has 2 aromatic carbocycles. The minimum Gasteiger partial charge on any atom is -0.404 e. The topological polar surface area (TPSA) is 77.3 Å². The minimum atomic E-state index is -4.93. The van der Waals surface area contributed by atoms with E-state index in [1.165, 1.54) is 4.31 Å². The number of alkyl halides is 3. The zero-order chi connectivity index (χ0) is 25.5. The van der Waals surface area contributed by atoms with Gasteiger partial charge in [-0.1, -0.05) is 41.9 Å². The van der Waals surface area contributed by atoms with Gasteiger partial charge in [0.15, 0.2) is 5.65 Å². The van der Waals surface area contributed by atoms with Gasteiger partial charge >= 0.3 is 6.36 Å². The molecule has 36 heavy (non-hydrogen) atoms. The summed E-state index contributed by atoms with van der Waals surface area (Å²) in [5.41, 5.74) is 2.41. The van der Waals surface area contributed by atoms with Crippen LogP contribution in [0.2, 0.25) is 5.02 Å². The number of aromatic nitrogens is 3. The average Bonchev–Trinajstić information content (AvgIpc) is 3.25. The third kappa shape index (κ3) is 4.78. The lowest BCUT2D eigenvalue weighted by molar-refractivity contribution is -0.274. The van der Waals surface area contributed by atoms with Gasteiger partial charge in [0.1, 0.15) is 17.1 Å². The molecule has 1 aliphatic heterocycles. The maximum atomic E-state index is 13.2. The number of benzene rings is 2. The average molecular weight is 537 g/mol. The van der Waals surface area contributed by atoms with E-state index in [4.69, 9.17) is 16.6 Å². The molecule has 1 fully saturated rings. The highest BCUT2D eigenvalue weighted by Gasteiger charge is 2.34. The molecule has 7 nitrogen and oxygen atoms in total. The van der Waals surface area contributed by atoms with Gasteiger partial charge < -0.3 is 9.30 Å². The molecule has 2 aromatic heterocycles. The predicted octanol–water partition coefficient (Wildman–Crippen LogP) is 5.68. The first-order valence-electron chi connectivity index (χ1n) is 11.1. The van der Waals surface area contributed by atoms with Gasteiger partial charge in [0.2, 0.25) is 10.0 Å². The first-order valence-corrected chi connectivity index (χ1v) is 12.9. The van der Waals surface area contributed by atoms with Crippen molar-refractivity contribution >= 4 is 32.8 Å². The molecular formula is C24H20ClF3N4O3S. The maximum Gasteiger partial charge on any atom is 0.573 e. The summed E-state index contributed by atoms with van der Waals surface area (Å²) < 4.78 is 71.2. The molecular weight excluding hydrogens is 517 g/mol. The molecule has 0 atom stereocenters. The van der Waals surface area contributed by atoms with Crippen molar-refractivity contribution in [3.8, 4) is 17.1 Å². The van der Waals surface area contributed by atoms with E-state index < -0.39 is 27.2 Å². The summed E-state index contributed by atoms with van der Waals surface area (Å²) >= 11 is 5.88. The quantitative estimate of drug-likeness (QED) is 0.328. The van der Waals surface area contributed by atoms with Crippen LogP contribution in [0.5, 0.6) is 5.75 Å². The van der Waals surface area contributed by atoms with E-state index in [1.807, 2.05) is 42.5 Å². The lowest BCUT2D eigenvalue weighted by Gasteiger charge is -2.32. The van der Waals surface area contributed by atoms with E-state index in [2.05, 4.69) is 14.3 Å². The zero-order valence-corrected chi connectivity index (χ0v) is 20.3. The zero-order valence-electron chi connectivity index (χ0n) is 18.7. The van der Waals surface area contributed by atoms with Gasteiger partial charge in [-0.05, 0) is 43.2 Å². The van der Waals surface area contributed by atoms with Gasteiger partial charge in [0, 0.05) is 30.9 Å². The molecule has 4 aromatic rings. The standard InChI is InChI=1S/C24H20ClF3N4O3S/c25-19-15-18(8-9-21(19)35-24(26,27)28)36(33,34)31-13-10-17(11-14-31)32-22(16-5-2-1-3-6-16)30-20-7-4-12-29-23(20)32/h1-9,12,15,17H,10-11,13-14H2. The second kappa shape index (κ2) is 9.38. The Balaban J connectivity index is 1.39. The Bertz CT molecular complexity index is 1500. The number of nitrogens with zero attached hydrogens (tertiary/aromatic N) is 4. The highest BCUT2D eigenvalue weighted by Crippen LogP contribution is 2.36. The fourth-order valence-corrected chi connectivity index (χ4v) is 6.19. The smallest absolute Gasteiger partial charge is 0.404 e. The second-order valence-electron chi connectivity index (χ2n) is 8.29. The normalized spacial score (nSPS) is 15.9. The van der Waals surface area contributed by atoms with E-state index in [-0.39, 0.29) is 24.0 Å². The Morgan fingerprint density at radius 2 is 1.72 bits per heavy atom. The van der Waals surface area contributed by atoms with Crippen LogP contribution in [0.25, 0.3) is 22.6 Å². The lowest BCUT2D eigenvalue weighted by atomic mass is 10.1. The van der Waals surface area contributed by atoms with Gasteiger partial charge in [-0.2, -0.15) is 4.31 Å². The number of piperidine rings is 1. The molecule has 0 radical (unpaired) electrons. The Morgan fingerprint density at radius 1 is 1.00 bits per heavy atom. The van der Waals surface area contributed by atoms with Crippen LogP contribution in [0.1, 0.15) is 18.9 Å². The van der Waals surface area contributed by atoms with Gasteiger partial charge in [-0.25, -0.2) is 18.4 Å². The minimum absolute atomic E-state index is 0.0438. The van der Waals surface area contributed by atoms with Crippen LogP contribution >= 0.6 is 11.6 Å². The van der Waals surface area contributed by atoms with Crippen LogP contribution in [0.4, 0.5) is 13.2 Å². The highest BCUT2D eigenvalue weighted by molar-refractivity contribution is 7.89. The van der Waals surface area contributed by atoms with Crippen molar-refractivity contribution in [2.24, 2.45) is 0 Å². The van der Waals surface area contributed by atoms with E-state index in [1.54, 1.807) is 6.20 Å². The van der Waals surface area contributed by atoms with Gasteiger partial charge in [-0.3, -0.25) is 0 Å². The monoisotopic (exact) mass is 536 g/mol. The number of hydrogen-bond acceptors (Lipinski definition) is 5. The molecule has 1 aliphatic rings. The van der Waals surface area contributed by atoms with Crippen LogP contribution in [-0.2, 0) is 10.0 Å². The summed E-state index contributed by atoms with van der Waals surface area (Å²) in [6.07, 6.45) is -2.23. The van der Waals surface area contributed by atoms with Crippen LogP contribution in [0.15, 0.2) is 71.8 Å². The van der Waals surface area contributed by atoms with Crippen molar-refractivity contribution in [2.75, 3.05) is 13.1 Å². The molecule has 0 amide bonds. The number of rotatable bonds is 5. The molecule has 0 N–H and O–H groups in total. The van der Waals surface area contributed by atoms with Crippen molar-refractivity contribution in [3.63, 3.8) is 0 Å². The number of imidazole rings is 1. The summed E-state index contributed by atoms with van der Waals surface area (Å²) in [6.45, 7) is 0.429. The Labute approximate surface area is 210 Å². The molecule has 0 bridgehead atoms. The molecule has 12 heteroatoms.